The van der Waals surface area contributed by atoms with Gasteiger partial charge < -0.3 is 4.90 Å². The molecule has 1 aromatic rings. The fourth-order valence-electron chi connectivity index (χ4n) is 6.12. The highest BCUT2D eigenvalue weighted by molar-refractivity contribution is 5.44. The molecule has 242 valence electrons. The molecule has 0 N–H and O–H groups in total. The van der Waals surface area contributed by atoms with Gasteiger partial charge in [-0.25, -0.2) is 0 Å². The Kier molecular flexibility index (Phi) is 22.3. The number of aryl methyl sites for hydroxylation is 3. The van der Waals surface area contributed by atoms with Gasteiger partial charge in [-0.15, -0.1) is 13.2 Å². The van der Waals surface area contributed by atoms with E-state index in [-0.39, 0.29) is 0 Å². The fourth-order valence-corrected chi connectivity index (χ4v) is 6.12. The molecule has 2 aliphatic heterocycles. The molecule has 44 heavy (non-hydrogen) atoms. The highest BCUT2D eigenvalue weighted by atomic mass is 15.2. The summed E-state index contributed by atoms with van der Waals surface area (Å²) in [5.41, 5.74) is 12.1. The van der Waals surface area contributed by atoms with Gasteiger partial charge in [-0.3, -0.25) is 0 Å². The van der Waals surface area contributed by atoms with Gasteiger partial charge in [-0.1, -0.05) is 94.9 Å². The van der Waals surface area contributed by atoms with Crippen molar-refractivity contribution < 1.29 is 0 Å². The van der Waals surface area contributed by atoms with Gasteiger partial charge in [-0.05, 0) is 114 Å². The monoisotopic (exact) mass is 597 g/mol. The summed E-state index contributed by atoms with van der Waals surface area (Å²) in [7, 11) is 0. The lowest BCUT2D eigenvalue weighted by Crippen LogP contribution is -2.39. The average molecular weight is 597 g/mol. The van der Waals surface area contributed by atoms with Crippen molar-refractivity contribution in [2.24, 2.45) is 0 Å². The summed E-state index contributed by atoms with van der Waals surface area (Å²) in [6.45, 7) is 31.3. The van der Waals surface area contributed by atoms with Crippen LogP contribution < -0.4 is 0 Å². The van der Waals surface area contributed by atoms with Crippen molar-refractivity contribution in [3.63, 3.8) is 0 Å². The molecule has 0 saturated carbocycles. The Morgan fingerprint density at radius 3 is 2.11 bits per heavy atom. The highest BCUT2D eigenvalue weighted by Crippen LogP contribution is 2.43. The molecular weight excluding hydrogens is 532 g/mol. The first-order valence-corrected chi connectivity index (χ1v) is 16.9. The van der Waals surface area contributed by atoms with Gasteiger partial charge in [0.1, 0.15) is 0 Å². The molecule has 4 rings (SSSR count). The van der Waals surface area contributed by atoms with E-state index in [0.717, 1.165) is 12.5 Å². The zero-order valence-electron chi connectivity index (χ0n) is 29.8. The second kappa shape index (κ2) is 24.1. The van der Waals surface area contributed by atoms with Crippen LogP contribution in [0.2, 0.25) is 0 Å². The van der Waals surface area contributed by atoms with Crippen molar-refractivity contribution in [1.29, 1.82) is 5.26 Å². The third-order valence-corrected chi connectivity index (χ3v) is 8.03. The molecule has 0 spiro atoms. The van der Waals surface area contributed by atoms with Crippen LogP contribution in [-0.4, -0.2) is 10.9 Å². The first-order chi connectivity index (χ1) is 21.1. The molecule has 1 aliphatic carbocycles. The summed E-state index contributed by atoms with van der Waals surface area (Å²) in [4.78, 5) is 2.38. The fraction of sp³-hybridized carbons (Fsp3) is 0.500. The van der Waals surface area contributed by atoms with E-state index in [1.54, 1.807) is 40.5 Å². The van der Waals surface area contributed by atoms with Crippen molar-refractivity contribution in [3.8, 4) is 6.07 Å². The van der Waals surface area contributed by atoms with Crippen molar-refractivity contribution in [3.05, 3.63) is 120 Å². The largest absolute Gasteiger partial charge is 0.345 e. The molecule has 0 amide bonds. The normalized spacial score (nSPS) is 17.8. The second-order valence-corrected chi connectivity index (χ2v) is 11.9. The van der Waals surface area contributed by atoms with Gasteiger partial charge in [0.05, 0.1) is 6.07 Å². The Morgan fingerprint density at radius 2 is 1.64 bits per heavy atom. The van der Waals surface area contributed by atoms with Crippen molar-refractivity contribution in [2.45, 2.75) is 138 Å². The molecule has 1 aromatic carbocycles. The minimum atomic E-state index is 0.665. The minimum Gasteiger partial charge on any atom is -0.345 e. The quantitative estimate of drug-likeness (QED) is 0.169. The van der Waals surface area contributed by atoms with Crippen LogP contribution in [0.5, 0.6) is 0 Å². The topological polar surface area (TPSA) is 27.0 Å². The lowest BCUT2D eigenvalue weighted by Gasteiger charge is -2.40. The number of unbranched alkanes of at least 4 members (excludes halogenated alkanes) is 2. The van der Waals surface area contributed by atoms with Crippen LogP contribution in [0.3, 0.4) is 0 Å². The van der Waals surface area contributed by atoms with Crippen LogP contribution in [0.15, 0.2) is 97.4 Å². The number of rotatable bonds is 8. The van der Waals surface area contributed by atoms with Crippen LogP contribution in [0, 0.1) is 18.3 Å². The third-order valence-electron chi connectivity index (χ3n) is 8.03. The smallest absolute Gasteiger partial charge is 0.0905 e. The molecule has 2 heterocycles. The molecule has 2 nitrogen and oxygen atoms in total. The van der Waals surface area contributed by atoms with Gasteiger partial charge in [0.2, 0.25) is 0 Å². The van der Waals surface area contributed by atoms with E-state index < -0.39 is 0 Å². The minimum absolute atomic E-state index is 0.665. The van der Waals surface area contributed by atoms with E-state index >= 15 is 0 Å². The highest BCUT2D eigenvalue weighted by Gasteiger charge is 2.38. The third kappa shape index (κ3) is 14.0. The molecule has 2 atom stereocenters. The summed E-state index contributed by atoms with van der Waals surface area (Å²) < 4.78 is 0. The summed E-state index contributed by atoms with van der Waals surface area (Å²) in [5.74, 6) is 0.665. The molecule has 1 fully saturated rings. The van der Waals surface area contributed by atoms with E-state index in [1.165, 1.54) is 92.8 Å². The van der Waals surface area contributed by atoms with Crippen LogP contribution in [0.1, 0.15) is 134 Å². The Bertz CT molecular complexity index is 1160. The number of nitriles is 1. The Hall–Kier alpha value is -3.31. The predicted octanol–water partition coefficient (Wildman–Crippen LogP) is 12.8. The molecule has 2 unspecified atom stereocenters. The van der Waals surface area contributed by atoms with Crippen molar-refractivity contribution in [2.75, 3.05) is 0 Å². The van der Waals surface area contributed by atoms with E-state index in [2.05, 4.69) is 103 Å². The molecule has 0 bridgehead atoms. The number of fused-ring (bicyclic) bond motifs is 1. The molecule has 1 saturated heterocycles. The Balaban J connectivity index is 0.000000680. The number of hydrogen-bond donors (Lipinski definition) is 0. The maximum absolute atomic E-state index is 7.51. The standard InChI is InChI=1S/C21H32.C12H17N.C3H3N.2C3H6/c1-5-7-8-11-18-14-17(4)21(19(6-2)15-18)20-12-9-10-16(3)13-20;1-4-5-6-11-8-12-7-9(2)13(12)10(11)3;1-2-3-4;2*1-3-2/h13-15,20H,5-12H2,1-4H3;5-6,12H,2,4,7-8H2,1,3H3;2H,1H2;2*3H,1H2,2H3/b;6-5+;;;. The van der Waals surface area contributed by atoms with Gasteiger partial charge in [0.25, 0.3) is 0 Å². The van der Waals surface area contributed by atoms with E-state index in [4.69, 9.17) is 5.26 Å². The zero-order chi connectivity index (χ0) is 33.5. The van der Waals surface area contributed by atoms with Crippen LogP contribution in [0.25, 0.3) is 0 Å². The van der Waals surface area contributed by atoms with Gasteiger partial charge in [0.15, 0.2) is 0 Å². The first kappa shape index (κ1) is 40.7. The van der Waals surface area contributed by atoms with E-state index in [0.29, 0.717) is 5.92 Å². The summed E-state index contributed by atoms with van der Waals surface area (Å²) in [5, 5.41) is 7.51. The molecule has 0 aromatic heterocycles. The molecule has 2 heteroatoms. The molecule has 3 aliphatic rings. The molecule has 0 radical (unpaired) electrons. The van der Waals surface area contributed by atoms with E-state index in [1.807, 2.05) is 13.8 Å². The SMILES string of the molecule is C=C1CC2CC(/C=C/CC)=C(C)N12.C=CC.C=CC.C=CC#N.CCCCCc1cc(C)c(C2C=C(C)CCC2)c(CC)c1. The van der Waals surface area contributed by atoms with Crippen LogP contribution in [0.4, 0.5) is 0 Å². The van der Waals surface area contributed by atoms with Crippen molar-refractivity contribution >= 4 is 0 Å². The lowest BCUT2D eigenvalue weighted by atomic mass is 9.80. The maximum Gasteiger partial charge on any atom is 0.0905 e. The van der Waals surface area contributed by atoms with E-state index in [9.17, 15) is 0 Å². The predicted molar refractivity (Wildman–Crippen MR) is 198 cm³/mol. The first-order valence-electron chi connectivity index (χ1n) is 16.9. The number of allylic oxidation sites excluding steroid dienone is 8. The number of nitrogens with zero attached hydrogens (tertiary/aromatic N) is 2. The Labute approximate surface area is 273 Å². The Morgan fingerprint density at radius 1 is 1.00 bits per heavy atom. The summed E-state index contributed by atoms with van der Waals surface area (Å²) >= 11 is 0. The summed E-state index contributed by atoms with van der Waals surface area (Å²) in [6, 6.07) is 7.39. The number of benzene rings is 1. The summed E-state index contributed by atoms with van der Waals surface area (Å²) in [6.07, 6.45) is 25.7. The number of hydrogen-bond acceptors (Lipinski definition) is 2. The average Bonchev–Trinajstić information content (AvgIpc) is 3.25. The second-order valence-electron chi connectivity index (χ2n) is 11.9. The maximum atomic E-state index is 7.51. The zero-order valence-corrected chi connectivity index (χ0v) is 29.8. The van der Waals surface area contributed by atoms with Gasteiger partial charge in [-0.2, -0.15) is 5.26 Å². The molecular formula is C42H64N2. The van der Waals surface area contributed by atoms with Crippen molar-refractivity contribution in [1.82, 2.24) is 4.90 Å². The van der Waals surface area contributed by atoms with Gasteiger partial charge in [0, 0.05) is 35.9 Å². The van der Waals surface area contributed by atoms with Gasteiger partial charge >= 0.3 is 0 Å². The van der Waals surface area contributed by atoms with Crippen LogP contribution in [-0.2, 0) is 12.8 Å². The van der Waals surface area contributed by atoms with Crippen LogP contribution >= 0.6 is 0 Å². The lowest BCUT2D eigenvalue weighted by molar-refractivity contribution is 0.235.